The molecule has 164 valence electrons. The van der Waals surface area contributed by atoms with Crippen LogP contribution in [0.2, 0.25) is 5.02 Å². The molecule has 1 amide bonds. The van der Waals surface area contributed by atoms with Gasteiger partial charge in [0, 0.05) is 17.1 Å². The van der Waals surface area contributed by atoms with E-state index in [9.17, 15) is 13.2 Å². The molecule has 0 aliphatic carbocycles. The molecule has 7 heteroatoms. The average molecular weight is 451 g/mol. The summed E-state index contributed by atoms with van der Waals surface area (Å²) in [4.78, 5) is 12.5. The summed E-state index contributed by atoms with van der Waals surface area (Å²) in [6.45, 7) is 5.16. The molecule has 0 radical (unpaired) electrons. The van der Waals surface area contributed by atoms with E-state index in [4.69, 9.17) is 11.6 Å². The van der Waals surface area contributed by atoms with Crippen LogP contribution in [0.25, 0.3) is 0 Å². The maximum atomic E-state index is 12.5. The molecule has 0 aromatic heterocycles. The van der Waals surface area contributed by atoms with Crippen molar-refractivity contribution >= 4 is 33.2 Å². The molecule has 0 spiro atoms. The van der Waals surface area contributed by atoms with Gasteiger partial charge in [-0.2, -0.15) is 0 Å². The van der Waals surface area contributed by atoms with Crippen molar-refractivity contribution in [1.82, 2.24) is 5.32 Å². The zero-order valence-corrected chi connectivity index (χ0v) is 19.5. The first-order chi connectivity index (χ1) is 14.2. The molecule has 0 aliphatic heterocycles. The molecule has 2 aromatic carbocycles. The van der Waals surface area contributed by atoms with Gasteiger partial charge in [0.15, 0.2) is 0 Å². The van der Waals surface area contributed by atoms with Gasteiger partial charge in [-0.1, -0.05) is 62.9 Å². The normalized spacial score (nSPS) is 12.4. The third-order valence-electron chi connectivity index (χ3n) is 5.13. The van der Waals surface area contributed by atoms with Gasteiger partial charge in [0.05, 0.1) is 18.5 Å². The summed E-state index contributed by atoms with van der Waals surface area (Å²) in [6.07, 6.45) is 5.66. The van der Waals surface area contributed by atoms with Gasteiger partial charge in [0.1, 0.15) is 0 Å². The van der Waals surface area contributed by atoms with Crippen molar-refractivity contribution in [2.75, 3.05) is 17.1 Å². The first-order valence-electron chi connectivity index (χ1n) is 10.3. The van der Waals surface area contributed by atoms with E-state index in [-0.39, 0.29) is 12.5 Å². The van der Waals surface area contributed by atoms with Crippen LogP contribution in [0.15, 0.2) is 48.5 Å². The van der Waals surface area contributed by atoms with E-state index in [1.165, 1.54) is 17.0 Å². The number of amides is 1. The van der Waals surface area contributed by atoms with Crippen LogP contribution in [0.5, 0.6) is 0 Å². The Morgan fingerprint density at radius 1 is 1.13 bits per heavy atom. The van der Waals surface area contributed by atoms with E-state index < -0.39 is 10.0 Å². The predicted molar refractivity (Wildman–Crippen MR) is 125 cm³/mol. The second kappa shape index (κ2) is 11.4. The van der Waals surface area contributed by atoms with Crippen LogP contribution in [-0.2, 0) is 16.6 Å². The van der Waals surface area contributed by atoms with Gasteiger partial charge in [-0.25, -0.2) is 8.42 Å². The van der Waals surface area contributed by atoms with Crippen molar-refractivity contribution < 1.29 is 13.2 Å². The van der Waals surface area contributed by atoms with Crippen molar-refractivity contribution in [3.05, 3.63) is 64.7 Å². The van der Waals surface area contributed by atoms with Crippen molar-refractivity contribution in [3.8, 4) is 0 Å². The Morgan fingerprint density at radius 3 is 2.40 bits per heavy atom. The lowest BCUT2D eigenvalue weighted by molar-refractivity contribution is 0.0946. The van der Waals surface area contributed by atoms with Gasteiger partial charge in [-0.3, -0.25) is 9.10 Å². The Balaban J connectivity index is 2.06. The van der Waals surface area contributed by atoms with Crippen LogP contribution in [0.3, 0.4) is 0 Å². The summed E-state index contributed by atoms with van der Waals surface area (Å²) in [7, 11) is -3.49. The van der Waals surface area contributed by atoms with E-state index in [0.717, 1.165) is 24.8 Å². The van der Waals surface area contributed by atoms with Crippen molar-refractivity contribution in [2.45, 2.75) is 46.1 Å². The molecular weight excluding hydrogens is 420 g/mol. The zero-order valence-electron chi connectivity index (χ0n) is 17.9. The highest BCUT2D eigenvalue weighted by Gasteiger charge is 2.18. The van der Waals surface area contributed by atoms with Gasteiger partial charge >= 0.3 is 0 Å². The SMILES string of the molecule is CCCCC(CC)CNC(=O)c1ccc(CN(c2cccc(Cl)c2)S(C)(=O)=O)cc1. The molecule has 2 aromatic rings. The minimum absolute atomic E-state index is 0.105. The average Bonchev–Trinajstić information content (AvgIpc) is 2.71. The molecule has 1 N–H and O–H groups in total. The van der Waals surface area contributed by atoms with Gasteiger partial charge in [0.2, 0.25) is 10.0 Å². The molecule has 2 rings (SSSR count). The molecule has 0 heterocycles. The molecule has 1 atom stereocenters. The zero-order chi connectivity index (χ0) is 22.1. The monoisotopic (exact) mass is 450 g/mol. The lowest BCUT2D eigenvalue weighted by Gasteiger charge is -2.23. The summed E-state index contributed by atoms with van der Waals surface area (Å²) in [5.41, 5.74) is 1.86. The van der Waals surface area contributed by atoms with Gasteiger partial charge in [-0.05, 0) is 48.2 Å². The molecule has 0 bridgehead atoms. The molecule has 1 unspecified atom stereocenters. The number of nitrogens with zero attached hydrogens (tertiary/aromatic N) is 1. The van der Waals surface area contributed by atoms with Gasteiger partial charge in [-0.15, -0.1) is 0 Å². The first-order valence-corrected chi connectivity index (χ1v) is 12.6. The molecule has 0 fully saturated rings. The van der Waals surface area contributed by atoms with E-state index >= 15 is 0 Å². The number of anilines is 1. The fourth-order valence-electron chi connectivity index (χ4n) is 3.24. The number of nitrogens with one attached hydrogen (secondary N) is 1. The minimum atomic E-state index is -3.49. The second-order valence-corrected chi connectivity index (χ2v) is 9.92. The number of carbonyl (C=O) groups excluding carboxylic acids is 1. The van der Waals surface area contributed by atoms with Crippen LogP contribution in [-0.4, -0.2) is 27.1 Å². The molecule has 0 saturated carbocycles. The highest BCUT2D eigenvalue weighted by atomic mass is 35.5. The Hall–Kier alpha value is -2.05. The quantitative estimate of drug-likeness (QED) is 0.508. The van der Waals surface area contributed by atoms with Gasteiger partial charge in [0.25, 0.3) is 5.91 Å². The van der Waals surface area contributed by atoms with Crippen LogP contribution < -0.4 is 9.62 Å². The smallest absolute Gasteiger partial charge is 0.251 e. The van der Waals surface area contributed by atoms with Crippen molar-refractivity contribution in [2.24, 2.45) is 5.92 Å². The van der Waals surface area contributed by atoms with Crippen LogP contribution >= 0.6 is 11.6 Å². The summed E-state index contributed by atoms with van der Waals surface area (Å²) in [5, 5.41) is 3.49. The summed E-state index contributed by atoms with van der Waals surface area (Å²) in [6, 6.07) is 13.8. The number of unbranched alkanes of at least 4 members (excludes halogenated alkanes) is 1. The lowest BCUT2D eigenvalue weighted by Crippen LogP contribution is -2.30. The van der Waals surface area contributed by atoms with E-state index in [1.807, 2.05) is 0 Å². The van der Waals surface area contributed by atoms with Crippen molar-refractivity contribution in [1.29, 1.82) is 0 Å². The third kappa shape index (κ3) is 7.33. The highest BCUT2D eigenvalue weighted by molar-refractivity contribution is 7.92. The molecule has 0 aliphatic rings. The Bertz CT molecular complexity index is 930. The molecule has 30 heavy (non-hydrogen) atoms. The Labute approximate surface area is 185 Å². The van der Waals surface area contributed by atoms with Crippen LogP contribution in [0, 0.1) is 5.92 Å². The fourth-order valence-corrected chi connectivity index (χ4v) is 4.31. The van der Waals surface area contributed by atoms with E-state index in [2.05, 4.69) is 19.2 Å². The van der Waals surface area contributed by atoms with Crippen molar-refractivity contribution in [3.63, 3.8) is 0 Å². The molecular formula is C23H31ClN2O3S. The number of halogens is 1. The number of sulfonamides is 1. The molecule has 0 saturated heterocycles. The summed E-state index contributed by atoms with van der Waals surface area (Å²) < 4.78 is 25.9. The minimum Gasteiger partial charge on any atom is -0.352 e. The highest BCUT2D eigenvalue weighted by Crippen LogP contribution is 2.24. The summed E-state index contributed by atoms with van der Waals surface area (Å²) in [5.74, 6) is 0.389. The number of hydrogen-bond donors (Lipinski definition) is 1. The van der Waals surface area contributed by atoms with Gasteiger partial charge < -0.3 is 5.32 Å². The van der Waals surface area contributed by atoms with E-state index in [1.54, 1.807) is 48.5 Å². The number of rotatable bonds is 11. The predicted octanol–water partition coefficient (Wildman–Crippen LogP) is 5.25. The number of hydrogen-bond acceptors (Lipinski definition) is 3. The molecule has 5 nitrogen and oxygen atoms in total. The van der Waals surface area contributed by atoms with E-state index in [0.29, 0.717) is 28.7 Å². The lowest BCUT2D eigenvalue weighted by atomic mass is 9.99. The number of carbonyl (C=O) groups is 1. The maximum absolute atomic E-state index is 12.5. The van der Waals surface area contributed by atoms with Crippen LogP contribution in [0.4, 0.5) is 5.69 Å². The topological polar surface area (TPSA) is 66.5 Å². The summed E-state index contributed by atoms with van der Waals surface area (Å²) >= 11 is 6.02. The first kappa shape index (κ1) is 24.2. The second-order valence-electron chi connectivity index (χ2n) is 7.57. The fraction of sp³-hybridized carbons (Fsp3) is 0.435. The Kier molecular flexibility index (Phi) is 9.18. The Morgan fingerprint density at radius 2 is 1.83 bits per heavy atom. The number of benzene rings is 2. The largest absolute Gasteiger partial charge is 0.352 e. The van der Waals surface area contributed by atoms with Crippen LogP contribution in [0.1, 0.15) is 55.5 Å². The maximum Gasteiger partial charge on any atom is 0.251 e. The third-order valence-corrected chi connectivity index (χ3v) is 6.51. The standard InChI is InChI=1S/C23H31ClN2O3S/c1-4-6-8-18(5-2)16-25-23(27)20-13-11-19(12-14-20)17-26(30(3,28)29)22-10-7-9-21(24)15-22/h7,9-15,18H,4-6,8,16-17H2,1-3H3,(H,25,27).